The molecule has 0 saturated carbocycles. The van der Waals surface area contributed by atoms with Gasteiger partial charge in [0.25, 0.3) is 0 Å². The fraction of sp³-hybridized carbons (Fsp3) is 0.800. The predicted molar refractivity (Wildman–Crippen MR) is 37.3 cm³/mol. The number of hydrogen-bond acceptors (Lipinski definition) is 4. The molecule has 1 rings (SSSR count). The molecule has 2 N–H and O–H groups in total. The molecule has 0 spiro atoms. The summed E-state index contributed by atoms with van der Waals surface area (Å²) in [6.45, 7) is 0.197. The first-order valence-electron chi connectivity index (χ1n) is 3.14. The van der Waals surface area contributed by atoms with Crippen molar-refractivity contribution in [2.45, 2.75) is 11.7 Å². The third kappa shape index (κ3) is 1.98. The number of hydrogen-bond donors (Lipinski definition) is 1. The standard InChI is InChI=1S/C5H9NO4S/c6-11(8,9)5-3-10-2-1-4(5)7/h5H,1-3H2,(H2,6,8,9)/t5-/m1/s1. The summed E-state index contributed by atoms with van der Waals surface area (Å²) < 4.78 is 26.1. The molecule has 5 nitrogen and oxygen atoms in total. The van der Waals surface area contributed by atoms with Crippen molar-refractivity contribution in [2.24, 2.45) is 5.14 Å². The van der Waals surface area contributed by atoms with Gasteiger partial charge in [-0.3, -0.25) is 4.79 Å². The molecule has 6 heteroatoms. The van der Waals surface area contributed by atoms with Crippen molar-refractivity contribution in [1.82, 2.24) is 0 Å². The van der Waals surface area contributed by atoms with Crippen LogP contribution in [0.1, 0.15) is 6.42 Å². The normalized spacial score (nSPS) is 27.0. The van der Waals surface area contributed by atoms with E-state index in [2.05, 4.69) is 0 Å². The summed E-state index contributed by atoms with van der Waals surface area (Å²) in [4.78, 5) is 10.9. The molecule has 0 aromatic carbocycles. The minimum Gasteiger partial charge on any atom is -0.379 e. The van der Waals surface area contributed by atoms with Gasteiger partial charge in [-0.25, -0.2) is 13.6 Å². The van der Waals surface area contributed by atoms with Crippen LogP contribution in [0.15, 0.2) is 0 Å². The van der Waals surface area contributed by atoms with Crippen molar-refractivity contribution in [3.05, 3.63) is 0 Å². The fourth-order valence-corrected chi connectivity index (χ4v) is 1.67. The van der Waals surface area contributed by atoms with Gasteiger partial charge in [-0.1, -0.05) is 0 Å². The van der Waals surface area contributed by atoms with Crippen LogP contribution in [0.5, 0.6) is 0 Å². The first-order chi connectivity index (χ1) is 5.02. The molecule has 64 valence electrons. The summed E-state index contributed by atoms with van der Waals surface area (Å²) in [5.41, 5.74) is 0. The highest BCUT2D eigenvalue weighted by Crippen LogP contribution is 2.07. The Balaban J connectivity index is 2.78. The third-order valence-corrected chi connectivity index (χ3v) is 2.71. The van der Waals surface area contributed by atoms with Crippen LogP contribution in [0.4, 0.5) is 0 Å². The number of nitrogens with two attached hydrogens (primary N) is 1. The van der Waals surface area contributed by atoms with Gasteiger partial charge in [0.15, 0.2) is 11.0 Å². The second-order valence-corrected chi connectivity index (χ2v) is 4.12. The van der Waals surface area contributed by atoms with Crippen molar-refractivity contribution in [3.8, 4) is 0 Å². The van der Waals surface area contributed by atoms with E-state index < -0.39 is 15.3 Å². The second kappa shape index (κ2) is 2.88. The highest BCUT2D eigenvalue weighted by Gasteiger charge is 2.32. The van der Waals surface area contributed by atoms with E-state index in [0.717, 1.165) is 0 Å². The van der Waals surface area contributed by atoms with Crippen LogP contribution in [0.3, 0.4) is 0 Å². The molecule has 1 atom stereocenters. The predicted octanol–water partition coefficient (Wildman–Crippen LogP) is -1.37. The van der Waals surface area contributed by atoms with E-state index in [0.29, 0.717) is 6.61 Å². The van der Waals surface area contributed by atoms with E-state index in [-0.39, 0.29) is 18.8 Å². The zero-order chi connectivity index (χ0) is 8.48. The van der Waals surface area contributed by atoms with Crippen LogP contribution >= 0.6 is 0 Å². The largest absolute Gasteiger partial charge is 0.379 e. The number of rotatable bonds is 1. The summed E-state index contributed by atoms with van der Waals surface area (Å²) in [5, 5.41) is 3.63. The summed E-state index contributed by atoms with van der Waals surface area (Å²) >= 11 is 0. The molecule has 11 heavy (non-hydrogen) atoms. The second-order valence-electron chi connectivity index (χ2n) is 2.37. The molecule has 0 amide bonds. The van der Waals surface area contributed by atoms with Gasteiger partial charge in [-0.05, 0) is 0 Å². The quantitative estimate of drug-likeness (QED) is 0.538. The van der Waals surface area contributed by atoms with Crippen LogP contribution < -0.4 is 5.14 Å². The summed E-state index contributed by atoms with van der Waals surface area (Å²) in [5.74, 6) is -0.348. The first-order valence-corrected chi connectivity index (χ1v) is 4.75. The van der Waals surface area contributed by atoms with Gasteiger partial charge in [0, 0.05) is 6.42 Å². The number of Topliss-reactive ketones (excluding diaryl/α,β-unsaturated/α-hetero) is 1. The van der Waals surface area contributed by atoms with E-state index >= 15 is 0 Å². The maximum absolute atomic E-state index is 10.9. The minimum atomic E-state index is -3.75. The first kappa shape index (κ1) is 8.63. The maximum atomic E-state index is 10.9. The lowest BCUT2D eigenvalue weighted by molar-refractivity contribution is -0.123. The van der Waals surface area contributed by atoms with Gasteiger partial charge in [0.1, 0.15) is 0 Å². The number of carbonyl (C=O) groups is 1. The molecule has 0 aromatic rings. The lowest BCUT2D eigenvalue weighted by Crippen LogP contribution is -2.42. The molecule has 0 aliphatic carbocycles. The Kier molecular flexibility index (Phi) is 2.26. The number of ether oxygens (including phenoxy) is 1. The average Bonchev–Trinajstić information content (AvgIpc) is 1.86. The molecule has 0 bridgehead atoms. The molecule has 0 radical (unpaired) electrons. The summed E-state index contributed by atoms with van der Waals surface area (Å²) in [6, 6.07) is 0. The van der Waals surface area contributed by atoms with Gasteiger partial charge in [0.05, 0.1) is 13.2 Å². The topological polar surface area (TPSA) is 86.5 Å². The van der Waals surface area contributed by atoms with Crippen LogP contribution in [0.25, 0.3) is 0 Å². The van der Waals surface area contributed by atoms with Crippen LogP contribution in [-0.2, 0) is 19.6 Å². The Morgan fingerprint density at radius 3 is 2.55 bits per heavy atom. The highest BCUT2D eigenvalue weighted by atomic mass is 32.2. The molecule has 1 aliphatic rings. The Morgan fingerprint density at radius 1 is 1.55 bits per heavy atom. The van der Waals surface area contributed by atoms with Crippen molar-refractivity contribution in [2.75, 3.05) is 13.2 Å². The summed E-state index contributed by atoms with van der Waals surface area (Å²) in [7, 11) is -3.75. The minimum absolute atomic E-state index is 0.0995. The van der Waals surface area contributed by atoms with Gasteiger partial charge in [-0.2, -0.15) is 0 Å². The van der Waals surface area contributed by atoms with Crippen LogP contribution in [0, 0.1) is 0 Å². The smallest absolute Gasteiger partial charge is 0.221 e. The molecule has 0 aromatic heterocycles. The SMILES string of the molecule is NS(=O)(=O)[C@@H]1COCCC1=O. The zero-order valence-electron chi connectivity index (χ0n) is 5.82. The number of primary sulfonamides is 1. The van der Waals surface area contributed by atoms with Crippen molar-refractivity contribution in [1.29, 1.82) is 0 Å². The van der Waals surface area contributed by atoms with Crippen molar-refractivity contribution >= 4 is 15.8 Å². The van der Waals surface area contributed by atoms with Gasteiger partial charge in [0.2, 0.25) is 10.0 Å². The number of carbonyl (C=O) groups excluding carboxylic acids is 1. The van der Waals surface area contributed by atoms with Crippen molar-refractivity contribution in [3.63, 3.8) is 0 Å². The van der Waals surface area contributed by atoms with Crippen molar-refractivity contribution < 1.29 is 17.9 Å². The van der Waals surface area contributed by atoms with E-state index in [1.54, 1.807) is 0 Å². The fourth-order valence-electron chi connectivity index (χ4n) is 0.895. The average molecular weight is 179 g/mol. The number of sulfonamides is 1. The van der Waals surface area contributed by atoms with Crippen LogP contribution in [-0.4, -0.2) is 32.7 Å². The lowest BCUT2D eigenvalue weighted by Gasteiger charge is -2.18. The maximum Gasteiger partial charge on any atom is 0.221 e. The number of ketones is 1. The molecule has 1 fully saturated rings. The lowest BCUT2D eigenvalue weighted by atomic mass is 10.2. The highest BCUT2D eigenvalue weighted by molar-refractivity contribution is 7.90. The van der Waals surface area contributed by atoms with Crippen LogP contribution in [0.2, 0.25) is 0 Å². The molecule has 1 heterocycles. The summed E-state index contributed by atoms with van der Waals surface area (Å²) in [6.07, 6.45) is 0.140. The van der Waals surface area contributed by atoms with E-state index in [1.165, 1.54) is 0 Å². The van der Waals surface area contributed by atoms with Gasteiger partial charge >= 0.3 is 0 Å². The molecular formula is C5H9NO4S. The van der Waals surface area contributed by atoms with Gasteiger partial charge < -0.3 is 4.74 Å². The van der Waals surface area contributed by atoms with E-state index in [9.17, 15) is 13.2 Å². The molecular weight excluding hydrogens is 170 g/mol. The Labute approximate surface area is 64.6 Å². The molecule has 1 aliphatic heterocycles. The van der Waals surface area contributed by atoms with E-state index in [4.69, 9.17) is 9.88 Å². The van der Waals surface area contributed by atoms with Gasteiger partial charge in [-0.15, -0.1) is 0 Å². The Hall–Kier alpha value is -0.460. The monoisotopic (exact) mass is 179 g/mol. The zero-order valence-corrected chi connectivity index (χ0v) is 6.63. The Bertz CT molecular complexity index is 258. The molecule has 1 saturated heterocycles. The molecule has 0 unspecified atom stereocenters. The third-order valence-electron chi connectivity index (χ3n) is 1.52. The van der Waals surface area contributed by atoms with E-state index in [1.807, 2.05) is 0 Å². The Morgan fingerprint density at radius 2 is 2.18 bits per heavy atom.